The van der Waals surface area contributed by atoms with Crippen LogP contribution in [0.1, 0.15) is 63.5 Å². The summed E-state index contributed by atoms with van der Waals surface area (Å²) in [6, 6.07) is 14.9. The lowest BCUT2D eigenvalue weighted by Crippen LogP contribution is -2.55. The quantitative estimate of drug-likeness (QED) is 0.558. The number of fused-ring (bicyclic) bond motifs is 3. The second kappa shape index (κ2) is 10.1. The van der Waals surface area contributed by atoms with Gasteiger partial charge in [0.1, 0.15) is 12.6 Å². The van der Waals surface area contributed by atoms with Crippen molar-refractivity contribution in [1.82, 2.24) is 10.6 Å². The van der Waals surface area contributed by atoms with Crippen LogP contribution in [0.4, 0.5) is 4.79 Å². The highest BCUT2D eigenvalue weighted by Gasteiger charge is 2.38. The number of carboxylic acids is 1. The third kappa shape index (κ3) is 5.34. The van der Waals surface area contributed by atoms with Crippen molar-refractivity contribution in [2.24, 2.45) is 11.3 Å². The molecule has 0 bridgehead atoms. The number of benzene rings is 2. The summed E-state index contributed by atoms with van der Waals surface area (Å²) in [6.45, 7) is 5.53. The molecule has 35 heavy (non-hydrogen) atoms. The topological polar surface area (TPSA) is 105 Å². The second-order valence-electron chi connectivity index (χ2n) is 10.6. The van der Waals surface area contributed by atoms with Crippen molar-refractivity contribution in [2.75, 3.05) is 6.61 Å². The van der Waals surface area contributed by atoms with Gasteiger partial charge in [-0.25, -0.2) is 9.59 Å². The van der Waals surface area contributed by atoms with Crippen LogP contribution in [-0.4, -0.2) is 41.8 Å². The number of hydrogen-bond donors (Lipinski definition) is 3. The van der Waals surface area contributed by atoms with E-state index in [-0.39, 0.29) is 18.4 Å². The number of alkyl carbamates (subject to hydrolysis) is 1. The summed E-state index contributed by atoms with van der Waals surface area (Å²) in [5.74, 6) is -1.94. The molecule has 2 aromatic rings. The van der Waals surface area contributed by atoms with Crippen LogP contribution in [0.5, 0.6) is 0 Å². The highest BCUT2D eigenvalue weighted by atomic mass is 16.5. The fourth-order valence-corrected chi connectivity index (χ4v) is 5.31. The Morgan fingerprint density at radius 3 is 2.11 bits per heavy atom. The van der Waals surface area contributed by atoms with Gasteiger partial charge in [0.25, 0.3) is 0 Å². The van der Waals surface area contributed by atoms with Crippen LogP contribution < -0.4 is 10.6 Å². The fraction of sp³-hybridized carbons (Fsp3) is 0.464. The molecular formula is C28H34N2O5. The van der Waals surface area contributed by atoms with E-state index in [9.17, 15) is 19.5 Å². The zero-order chi connectivity index (χ0) is 25.2. The zero-order valence-corrected chi connectivity index (χ0v) is 20.5. The highest BCUT2D eigenvalue weighted by Crippen LogP contribution is 2.44. The molecule has 2 aliphatic rings. The lowest BCUT2D eigenvalue weighted by Gasteiger charge is -2.34. The molecule has 7 nitrogen and oxygen atoms in total. The molecule has 0 heterocycles. The average molecular weight is 479 g/mol. The maximum Gasteiger partial charge on any atom is 0.407 e. The van der Waals surface area contributed by atoms with Gasteiger partial charge in [0.2, 0.25) is 5.91 Å². The molecule has 0 saturated heterocycles. The monoisotopic (exact) mass is 478 g/mol. The van der Waals surface area contributed by atoms with E-state index in [1.165, 1.54) is 0 Å². The highest BCUT2D eigenvalue weighted by molar-refractivity contribution is 5.86. The van der Waals surface area contributed by atoms with Crippen molar-refractivity contribution in [3.8, 4) is 11.1 Å². The normalized spacial score (nSPS) is 20.3. The SMILES string of the molecule is CC(C)(C)[C@H](NC(=O)[C@@H]1CCCC[C@@H]1NC(=O)OCC1c2ccccc2-c2ccccc21)C(=O)O. The lowest BCUT2D eigenvalue weighted by atomic mass is 9.82. The molecule has 7 heteroatoms. The van der Waals surface area contributed by atoms with Gasteiger partial charge in [0.15, 0.2) is 0 Å². The van der Waals surface area contributed by atoms with Crippen LogP contribution in [0.3, 0.4) is 0 Å². The summed E-state index contributed by atoms with van der Waals surface area (Å²) in [7, 11) is 0. The maximum absolute atomic E-state index is 13.0. The van der Waals surface area contributed by atoms with Crippen molar-refractivity contribution in [1.29, 1.82) is 0 Å². The van der Waals surface area contributed by atoms with Gasteiger partial charge >= 0.3 is 12.1 Å². The Morgan fingerprint density at radius 1 is 0.971 bits per heavy atom. The van der Waals surface area contributed by atoms with Gasteiger partial charge < -0.3 is 20.5 Å². The Labute approximate surface area is 206 Å². The second-order valence-corrected chi connectivity index (χ2v) is 10.6. The van der Waals surface area contributed by atoms with Crippen molar-refractivity contribution in [2.45, 2.75) is 64.5 Å². The molecule has 0 unspecified atom stereocenters. The standard InChI is InChI=1S/C28H34N2O5/c1-28(2,3)24(26(32)33)30-25(31)21-14-8-9-15-23(21)29-27(34)35-16-22-19-12-6-4-10-17(19)18-11-5-7-13-20(18)22/h4-7,10-13,21-24H,8-9,14-16H2,1-3H3,(H,29,34)(H,30,31)(H,32,33)/t21-,23+,24-/m1/s1. The van der Waals surface area contributed by atoms with Gasteiger partial charge in [-0.3, -0.25) is 4.79 Å². The molecule has 3 atom stereocenters. The van der Waals surface area contributed by atoms with Gasteiger partial charge in [0, 0.05) is 12.0 Å². The van der Waals surface area contributed by atoms with Crippen molar-refractivity contribution in [3.05, 3.63) is 59.7 Å². The molecule has 186 valence electrons. The van der Waals surface area contributed by atoms with Gasteiger partial charge in [0.05, 0.1) is 5.92 Å². The molecule has 4 rings (SSSR count). The number of hydrogen-bond acceptors (Lipinski definition) is 4. The molecule has 1 saturated carbocycles. The molecule has 0 aromatic heterocycles. The van der Waals surface area contributed by atoms with Gasteiger partial charge in [-0.2, -0.15) is 0 Å². The molecule has 2 amide bonds. The maximum atomic E-state index is 13.0. The molecule has 2 aliphatic carbocycles. The van der Waals surface area contributed by atoms with E-state index in [1.54, 1.807) is 20.8 Å². The predicted octanol–water partition coefficient (Wildman–Crippen LogP) is 4.70. The van der Waals surface area contributed by atoms with Crippen molar-refractivity contribution >= 4 is 18.0 Å². The minimum Gasteiger partial charge on any atom is -0.480 e. The lowest BCUT2D eigenvalue weighted by molar-refractivity contribution is -0.146. The molecule has 0 spiro atoms. The number of aliphatic carboxylic acids is 1. The smallest absolute Gasteiger partial charge is 0.407 e. The van der Waals surface area contributed by atoms with Crippen LogP contribution in [0.2, 0.25) is 0 Å². The van der Waals surface area contributed by atoms with Crippen LogP contribution >= 0.6 is 0 Å². The molecule has 0 radical (unpaired) electrons. The Balaban J connectivity index is 1.40. The number of carboxylic acid groups (broad SMARTS) is 1. The molecular weight excluding hydrogens is 444 g/mol. The Morgan fingerprint density at radius 2 is 1.54 bits per heavy atom. The van der Waals surface area contributed by atoms with E-state index in [4.69, 9.17) is 4.74 Å². The predicted molar refractivity (Wildman–Crippen MR) is 133 cm³/mol. The zero-order valence-electron chi connectivity index (χ0n) is 20.5. The Hall–Kier alpha value is -3.35. The first-order chi connectivity index (χ1) is 16.7. The van der Waals surface area contributed by atoms with E-state index in [1.807, 2.05) is 24.3 Å². The minimum absolute atomic E-state index is 0.0401. The van der Waals surface area contributed by atoms with Crippen LogP contribution in [-0.2, 0) is 14.3 Å². The number of rotatable bonds is 6. The summed E-state index contributed by atoms with van der Waals surface area (Å²) in [4.78, 5) is 37.5. The first kappa shape index (κ1) is 24.8. The number of carbonyl (C=O) groups is 3. The summed E-state index contributed by atoms with van der Waals surface area (Å²) < 4.78 is 5.67. The van der Waals surface area contributed by atoms with E-state index in [2.05, 4.69) is 34.9 Å². The number of amides is 2. The summed E-state index contributed by atoms with van der Waals surface area (Å²) in [5.41, 5.74) is 3.96. The molecule has 1 fully saturated rings. The number of carbonyl (C=O) groups excluding carboxylic acids is 2. The fourth-order valence-electron chi connectivity index (χ4n) is 5.31. The van der Waals surface area contributed by atoms with Gasteiger partial charge in [-0.1, -0.05) is 82.1 Å². The third-order valence-electron chi connectivity index (χ3n) is 7.15. The summed E-state index contributed by atoms with van der Waals surface area (Å²) in [5, 5.41) is 15.2. The van der Waals surface area contributed by atoms with E-state index in [0.717, 1.165) is 35.1 Å². The van der Waals surface area contributed by atoms with Gasteiger partial charge in [-0.05, 0) is 40.5 Å². The molecule has 3 N–H and O–H groups in total. The Kier molecular flexibility index (Phi) is 7.15. The van der Waals surface area contributed by atoms with Crippen LogP contribution in [0.25, 0.3) is 11.1 Å². The van der Waals surface area contributed by atoms with Crippen LogP contribution in [0.15, 0.2) is 48.5 Å². The number of nitrogens with one attached hydrogen (secondary N) is 2. The van der Waals surface area contributed by atoms with E-state index in [0.29, 0.717) is 12.8 Å². The largest absolute Gasteiger partial charge is 0.480 e. The summed E-state index contributed by atoms with van der Waals surface area (Å²) in [6.07, 6.45) is 2.43. The first-order valence-corrected chi connectivity index (χ1v) is 12.3. The molecule has 2 aromatic carbocycles. The van der Waals surface area contributed by atoms with Crippen molar-refractivity contribution in [3.63, 3.8) is 0 Å². The molecule has 0 aliphatic heterocycles. The van der Waals surface area contributed by atoms with E-state index < -0.39 is 35.5 Å². The van der Waals surface area contributed by atoms with Crippen LogP contribution in [0, 0.1) is 11.3 Å². The Bertz CT molecular complexity index is 1060. The third-order valence-corrected chi connectivity index (χ3v) is 7.15. The van der Waals surface area contributed by atoms with E-state index >= 15 is 0 Å². The summed E-state index contributed by atoms with van der Waals surface area (Å²) >= 11 is 0. The average Bonchev–Trinajstić information content (AvgIpc) is 3.14. The van der Waals surface area contributed by atoms with Gasteiger partial charge in [-0.15, -0.1) is 0 Å². The first-order valence-electron chi connectivity index (χ1n) is 12.3. The van der Waals surface area contributed by atoms with Crippen molar-refractivity contribution < 1.29 is 24.2 Å². The number of ether oxygens (including phenoxy) is 1. The minimum atomic E-state index is -1.07.